The van der Waals surface area contributed by atoms with E-state index in [1.54, 1.807) is 15.6 Å². The second-order valence-corrected chi connectivity index (χ2v) is 6.20. The van der Waals surface area contributed by atoms with Crippen LogP contribution in [0.2, 0.25) is 0 Å². The van der Waals surface area contributed by atoms with Gasteiger partial charge in [-0.05, 0) is 25.3 Å². The molecule has 2 fully saturated rings. The lowest BCUT2D eigenvalue weighted by molar-refractivity contribution is 0.0767. The van der Waals surface area contributed by atoms with Crippen LogP contribution in [0, 0.1) is 0 Å². The summed E-state index contributed by atoms with van der Waals surface area (Å²) in [6.07, 6.45) is 4.24. The molecule has 2 aromatic rings. The largest absolute Gasteiger partial charge is 0.391 e. The fourth-order valence-corrected chi connectivity index (χ4v) is 3.35. The molecule has 1 amide bonds. The second kappa shape index (κ2) is 5.38. The Morgan fingerprint density at radius 1 is 1.30 bits per heavy atom. The normalized spacial score (nSPS) is 21.5. The van der Waals surface area contributed by atoms with E-state index >= 15 is 0 Å². The maximum atomic E-state index is 12.7. The van der Waals surface area contributed by atoms with Crippen LogP contribution in [0.1, 0.15) is 29.6 Å². The average Bonchev–Trinajstić information content (AvgIpc) is 3.24. The van der Waals surface area contributed by atoms with E-state index in [0.717, 1.165) is 31.7 Å². The van der Waals surface area contributed by atoms with Crippen LogP contribution in [-0.2, 0) is 0 Å². The third kappa shape index (κ3) is 2.39. The Morgan fingerprint density at radius 3 is 2.78 bits per heavy atom. The summed E-state index contributed by atoms with van der Waals surface area (Å²) in [5, 5.41) is 13.8. The van der Waals surface area contributed by atoms with Crippen molar-refractivity contribution in [3.63, 3.8) is 0 Å². The molecule has 0 saturated carbocycles. The number of likely N-dealkylation sites (tertiary alicyclic amines) is 1. The molecule has 4 rings (SSSR count). The number of nitrogens with zero attached hydrogens (tertiary/aromatic N) is 5. The van der Waals surface area contributed by atoms with Gasteiger partial charge in [-0.15, -0.1) is 5.10 Å². The van der Waals surface area contributed by atoms with Crippen molar-refractivity contribution in [3.05, 3.63) is 17.8 Å². The first kappa shape index (κ1) is 14.3. The maximum absolute atomic E-state index is 12.7. The van der Waals surface area contributed by atoms with E-state index in [-0.39, 0.29) is 11.7 Å². The maximum Gasteiger partial charge on any atom is 0.261 e. The van der Waals surface area contributed by atoms with Gasteiger partial charge in [0, 0.05) is 32.4 Å². The first-order valence-corrected chi connectivity index (χ1v) is 8.00. The van der Waals surface area contributed by atoms with Crippen molar-refractivity contribution < 1.29 is 9.90 Å². The average molecular weight is 316 g/mol. The number of aliphatic hydroxyl groups excluding tert-OH is 1. The number of anilines is 2. The van der Waals surface area contributed by atoms with Crippen molar-refractivity contribution >= 4 is 23.2 Å². The Labute approximate surface area is 133 Å². The van der Waals surface area contributed by atoms with E-state index in [1.807, 2.05) is 6.07 Å². The number of aromatic nitrogens is 3. The highest BCUT2D eigenvalue weighted by molar-refractivity contribution is 6.04. The molecule has 1 atom stereocenters. The Kier molecular flexibility index (Phi) is 3.33. The summed E-state index contributed by atoms with van der Waals surface area (Å²) in [5.74, 6) is 0.827. The van der Waals surface area contributed by atoms with E-state index < -0.39 is 6.10 Å². The highest BCUT2D eigenvalue weighted by Gasteiger charge is 2.30. The van der Waals surface area contributed by atoms with Crippen LogP contribution in [0.4, 0.5) is 11.6 Å². The molecule has 8 heteroatoms. The highest BCUT2D eigenvalue weighted by atomic mass is 16.3. The zero-order valence-corrected chi connectivity index (χ0v) is 12.9. The van der Waals surface area contributed by atoms with Gasteiger partial charge in [0.25, 0.3) is 5.91 Å². The van der Waals surface area contributed by atoms with Crippen LogP contribution in [0.25, 0.3) is 5.65 Å². The number of carbonyl (C=O) groups is 1. The van der Waals surface area contributed by atoms with Gasteiger partial charge >= 0.3 is 0 Å². The van der Waals surface area contributed by atoms with Crippen molar-refractivity contribution in [1.82, 2.24) is 19.5 Å². The summed E-state index contributed by atoms with van der Waals surface area (Å²) < 4.78 is 1.55. The number of amides is 1. The molecule has 2 aromatic heterocycles. The lowest BCUT2D eigenvalue weighted by Gasteiger charge is -2.17. The number of fused-ring (bicyclic) bond motifs is 1. The molecule has 2 saturated heterocycles. The van der Waals surface area contributed by atoms with Crippen molar-refractivity contribution in [3.8, 4) is 0 Å². The molecular formula is C15H20N6O2. The summed E-state index contributed by atoms with van der Waals surface area (Å²) in [6.45, 7) is 2.83. The lowest BCUT2D eigenvalue weighted by Crippen LogP contribution is -2.30. The lowest BCUT2D eigenvalue weighted by atomic mass is 10.2. The van der Waals surface area contributed by atoms with Gasteiger partial charge in [0.05, 0.1) is 6.10 Å². The molecule has 1 unspecified atom stereocenters. The van der Waals surface area contributed by atoms with Crippen LogP contribution in [0.5, 0.6) is 0 Å². The number of β-amino-alcohol motifs (C(OH)–C–C–N with tert-alkyl or cyclic N) is 1. The third-order valence-corrected chi connectivity index (χ3v) is 4.59. The predicted molar refractivity (Wildman–Crippen MR) is 85.4 cm³/mol. The predicted octanol–water partition coefficient (Wildman–Crippen LogP) is 0.118. The van der Waals surface area contributed by atoms with E-state index in [9.17, 15) is 9.90 Å². The van der Waals surface area contributed by atoms with Gasteiger partial charge in [0.15, 0.2) is 11.5 Å². The summed E-state index contributed by atoms with van der Waals surface area (Å²) >= 11 is 0. The number of nitrogens with two attached hydrogens (primary N) is 1. The summed E-state index contributed by atoms with van der Waals surface area (Å²) in [5.41, 5.74) is 6.78. The van der Waals surface area contributed by atoms with Crippen molar-refractivity contribution in [2.45, 2.75) is 25.4 Å². The van der Waals surface area contributed by atoms with Gasteiger partial charge in [-0.2, -0.15) is 0 Å². The Hall–Kier alpha value is -2.35. The third-order valence-electron chi connectivity index (χ3n) is 4.59. The SMILES string of the molecule is Nc1nn2ccc(N3CCCC3)nc2c1C(=O)N1CCC(O)C1. The standard InChI is InChI=1S/C15H20N6O2/c16-13-12(15(23)20-7-3-10(22)9-20)14-17-11(4-8-21(14)18-13)19-5-1-2-6-19/h4,8,10,22H,1-3,5-7,9H2,(H2,16,18). The minimum absolute atomic E-state index is 0.183. The fraction of sp³-hybridized carbons (Fsp3) is 0.533. The van der Waals surface area contributed by atoms with Crippen LogP contribution >= 0.6 is 0 Å². The number of carbonyl (C=O) groups excluding carboxylic acids is 1. The Bertz CT molecular complexity index is 752. The fourth-order valence-electron chi connectivity index (χ4n) is 3.35. The number of aliphatic hydroxyl groups is 1. The minimum Gasteiger partial charge on any atom is -0.391 e. The molecule has 0 spiro atoms. The van der Waals surface area contributed by atoms with Crippen LogP contribution in [0.3, 0.4) is 0 Å². The zero-order chi connectivity index (χ0) is 16.0. The van der Waals surface area contributed by atoms with Gasteiger partial charge in [0.2, 0.25) is 0 Å². The topological polar surface area (TPSA) is 100.0 Å². The van der Waals surface area contributed by atoms with Gasteiger partial charge in [-0.25, -0.2) is 9.50 Å². The summed E-state index contributed by atoms with van der Waals surface area (Å²) in [7, 11) is 0. The molecule has 122 valence electrons. The monoisotopic (exact) mass is 316 g/mol. The Morgan fingerprint density at radius 2 is 2.09 bits per heavy atom. The van der Waals surface area contributed by atoms with Crippen molar-refractivity contribution in [2.75, 3.05) is 36.8 Å². The number of hydrogen-bond acceptors (Lipinski definition) is 6. The zero-order valence-electron chi connectivity index (χ0n) is 12.9. The second-order valence-electron chi connectivity index (χ2n) is 6.20. The molecule has 8 nitrogen and oxygen atoms in total. The van der Waals surface area contributed by atoms with E-state index in [4.69, 9.17) is 5.73 Å². The van der Waals surface area contributed by atoms with Crippen molar-refractivity contribution in [2.24, 2.45) is 0 Å². The molecule has 23 heavy (non-hydrogen) atoms. The molecule has 0 aliphatic carbocycles. The van der Waals surface area contributed by atoms with E-state index in [2.05, 4.69) is 15.0 Å². The molecule has 4 heterocycles. The first-order chi connectivity index (χ1) is 11.1. The molecule has 2 aliphatic heterocycles. The smallest absolute Gasteiger partial charge is 0.261 e. The van der Waals surface area contributed by atoms with Gasteiger partial charge < -0.3 is 20.6 Å². The minimum atomic E-state index is -0.463. The van der Waals surface area contributed by atoms with E-state index in [0.29, 0.717) is 30.7 Å². The number of nitrogen functional groups attached to an aromatic ring is 1. The van der Waals surface area contributed by atoms with Crippen LogP contribution < -0.4 is 10.6 Å². The number of hydrogen-bond donors (Lipinski definition) is 2. The molecular weight excluding hydrogens is 296 g/mol. The van der Waals surface area contributed by atoms with Gasteiger partial charge in [-0.1, -0.05) is 0 Å². The molecule has 2 aliphatic rings. The summed E-state index contributed by atoms with van der Waals surface area (Å²) in [6, 6.07) is 1.90. The van der Waals surface area contributed by atoms with Crippen LogP contribution in [-0.4, -0.2) is 62.8 Å². The molecule has 3 N–H and O–H groups in total. The Balaban J connectivity index is 1.74. The molecule has 0 radical (unpaired) electrons. The van der Waals surface area contributed by atoms with Crippen molar-refractivity contribution in [1.29, 1.82) is 0 Å². The summed E-state index contributed by atoms with van der Waals surface area (Å²) in [4.78, 5) is 21.2. The van der Waals surface area contributed by atoms with Gasteiger partial charge in [-0.3, -0.25) is 4.79 Å². The number of rotatable bonds is 2. The highest BCUT2D eigenvalue weighted by Crippen LogP contribution is 2.24. The van der Waals surface area contributed by atoms with Gasteiger partial charge in [0.1, 0.15) is 11.4 Å². The first-order valence-electron chi connectivity index (χ1n) is 8.00. The quantitative estimate of drug-likeness (QED) is 0.816. The van der Waals surface area contributed by atoms with E-state index in [1.165, 1.54) is 0 Å². The van der Waals surface area contributed by atoms with Crippen LogP contribution in [0.15, 0.2) is 12.3 Å². The molecule has 0 bridgehead atoms. The molecule has 0 aromatic carbocycles.